The molecule has 98 valence electrons. The fraction of sp³-hybridized carbons (Fsp3) is 0.250. The maximum Gasteiger partial charge on any atom is 0.317 e. The third kappa shape index (κ3) is 2.43. The summed E-state index contributed by atoms with van der Waals surface area (Å²) in [6, 6.07) is 3.92. The van der Waals surface area contributed by atoms with Gasteiger partial charge in [0.2, 0.25) is 0 Å². The highest BCUT2D eigenvalue weighted by Crippen LogP contribution is 2.33. The van der Waals surface area contributed by atoms with Crippen LogP contribution >= 0.6 is 23.1 Å². The van der Waals surface area contributed by atoms with Gasteiger partial charge in [-0.05, 0) is 11.4 Å². The number of carboxylic acid groups (broad SMARTS) is 1. The van der Waals surface area contributed by atoms with E-state index in [9.17, 15) is 9.59 Å². The van der Waals surface area contributed by atoms with Crippen LogP contribution in [-0.2, 0) is 17.6 Å². The van der Waals surface area contributed by atoms with E-state index in [0.717, 1.165) is 16.6 Å². The molecule has 0 spiro atoms. The lowest BCUT2D eigenvalue weighted by atomic mass is 10.2. The first-order valence-electron chi connectivity index (χ1n) is 5.67. The average Bonchev–Trinajstić information content (AvgIpc) is 2.97. The van der Waals surface area contributed by atoms with Crippen LogP contribution in [0.15, 0.2) is 27.3 Å². The summed E-state index contributed by atoms with van der Waals surface area (Å²) in [4.78, 5) is 31.1. The molecule has 3 heterocycles. The van der Waals surface area contributed by atoms with Crippen molar-refractivity contribution in [3.05, 3.63) is 44.1 Å². The molecule has 19 heavy (non-hydrogen) atoms. The minimum absolute atomic E-state index is 0.215. The SMILES string of the molecule is O=C(O)C1Cc2c(nc(Cc3cccs3)[nH]c2=O)S1. The summed E-state index contributed by atoms with van der Waals surface area (Å²) in [5.41, 5.74) is 0.278. The Hall–Kier alpha value is -1.60. The molecule has 0 aromatic carbocycles. The van der Waals surface area contributed by atoms with Crippen LogP contribution in [-0.4, -0.2) is 26.3 Å². The number of hydrogen-bond donors (Lipinski definition) is 2. The van der Waals surface area contributed by atoms with Gasteiger partial charge < -0.3 is 10.1 Å². The zero-order valence-electron chi connectivity index (χ0n) is 9.75. The minimum Gasteiger partial charge on any atom is -0.480 e. The lowest BCUT2D eigenvalue weighted by Crippen LogP contribution is -2.19. The second-order valence-electron chi connectivity index (χ2n) is 4.20. The normalized spacial score (nSPS) is 17.4. The summed E-state index contributed by atoms with van der Waals surface area (Å²) in [5, 5.41) is 10.9. The molecular weight excluding hydrogens is 284 g/mol. The van der Waals surface area contributed by atoms with Gasteiger partial charge in [0.15, 0.2) is 0 Å². The quantitative estimate of drug-likeness (QED) is 0.839. The largest absolute Gasteiger partial charge is 0.480 e. The number of carboxylic acids is 1. The Morgan fingerprint density at radius 1 is 1.58 bits per heavy atom. The lowest BCUT2D eigenvalue weighted by molar-refractivity contribution is -0.136. The van der Waals surface area contributed by atoms with Gasteiger partial charge in [-0.3, -0.25) is 9.59 Å². The molecular formula is C12H10N2O3S2. The molecule has 0 saturated carbocycles. The number of rotatable bonds is 3. The molecule has 0 fully saturated rings. The number of nitrogens with one attached hydrogen (secondary N) is 1. The molecule has 1 aliphatic heterocycles. The number of aliphatic carboxylic acids is 1. The zero-order valence-corrected chi connectivity index (χ0v) is 11.4. The van der Waals surface area contributed by atoms with Crippen LogP contribution in [0.3, 0.4) is 0 Å². The second kappa shape index (κ2) is 4.82. The molecule has 1 atom stereocenters. The zero-order chi connectivity index (χ0) is 13.4. The van der Waals surface area contributed by atoms with E-state index in [0.29, 0.717) is 22.8 Å². The van der Waals surface area contributed by atoms with Crippen LogP contribution in [0.2, 0.25) is 0 Å². The molecule has 3 rings (SSSR count). The summed E-state index contributed by atoms with van der Waals surface area (Å²) in [6.45, 7) is 0. The predicted molar refractivity (Wildman–Crippen MR) is 73.0 cm³/mol. The standard InChI is InChI=1S/C12H10N2O3S2/c15-10-7-5-8(12(16)17)19-11(7)14-9(13-10)4-6-2-1-3-18-6/h1-3,8H,4-5H2,(H,16,17)(H,13,14,15). The van der Waals surface area contributed by atoms with Crippen molar-refractivity contribution in [3.8, 4) is 0 Å². The summed E-state index contributed by atoms with van der Waals surface area (Å²) < 4.78 is 0. The smallest absolute Gasteiger partial charge is 0.317 e. The number of aromatic nitrogens is 2. The van der Waals surface area contributed by atoms with E-state index in [1.807, 2.05) is 17.5 Å². The first-order valence-corrected chi connectivity index (χ1v) is 7.43. The van der Waals surface area contributed by atoms with Crippen LogP contribution in [0.25, 0.3) is 0 Å². The van der Waals surface area contributed by atoms with Crippen LogP contribution in [0.5, 0.6) is 0 Å². The fourth-order valence-electron chi connectivity index (χ4n) is 1.96. The van der Waals surface area contributed by atoms with Crippen molar-refractivity contribution in [2.45, 2.75) is 23.1 Å². The highest BCUT2D eigenvalue weighted by molar-refractivity contribution is 8.00. The van der Waals surface area contributed by atoms with Gasteiger partial charge in [0.25, 0.3) is 5.56 Å². The molecule has 0 aliphatic carbocycles. The number of nitrogens with zero attached hydrogens (tertiary/aromatic N) is 1. The molecule has 2 aromatic heterocycles. The Balaban J connectivity index is 1.91. The highest BCUT2D eigenvalue weighted by atomic mass is 32.2. The fourth-order valence-corrected chi connectivity index (χ4v) is 3.77. The van der Waals surface area contributed by atoms with Crippen LogP contribution in [0.4, 0.5) is 0 Å². The predicted octanol–water partition coefficient (Wildman–Crippen LogP) is 1.52. The molecule has 0 amide bonds. The van der Waals surface area contributed by atoms with Crippen molar-refractivity contribution in [1.82, 2.24) is 9.97 Å². The number of hydrogen-bond acceptors (Lipinski definition) is 5. The van der Waals surface area contributed by atoms with Crippen LogP contribution in [0, 0.1) is 0 Å². The summed E-state index contributed by atoms with van der Waals surface area (Å²) >= 11 is 2.76. The van der Waals surface area contributed by atoms with Crippen molar-refractivity contribution in [2.24, 2.45) is 0 Å². The molecule has 0 bridgehead atoms. The Morgan fingerprint density at radius 2 is 2.42 bits per heavy atom. The minimum atomic E-state index is -0.901. The van der Waals surface area contributed by atoms with E-state index in [1.54, 1.807) is 11.3 Å². The molecule has 7 heteroatoms. The van der Waals surface area contributed by atoms with E-state index in [1.165, 1.54) is 0 Å². The van der Waals surface area contributed by atoms with E-state index >= 15 is 0 Å². The first kappa shape index (κ1) is 12.4. The number of H-pyrrole nitrogens is 1. The molecule has 0 radical (unpaired) electrons. The van der Waals surface area contributed by atoms with E-state index in [4.69, 9.17) is 5.11 Å². The number of thiophene rings is 1. The molecule has 2 N–H and O–H groups in total. The molecule has 2 aromatic rings. The first-order chi connectivity index (χ1) is 9.13. The average molecular weight is 294 g/mol. The Kier molecular flexibility index (Phi) is 3.16. The third-order valence-corrected chi connectivity index (χ3v) is 4.96. The topological polar surface area (TPSA) is 83.0 Å². The van der Waals surface area contributed by atoms with Crippen molar-refractivity contribution < 1.29 is 9.90 Å². The molecule has 1 aliphatic rings. The Bertz CT molecular complexity index is 679. The van der Waals surface area contributed by atoms with E-state index in [2.05, 4.69) is 9.97 Å². The highest BCUT2D eigenvalue weighted by Gasteiger charge is 2.31. The second-order valence-corrected chi connectivity index (χ2v) is 6.43. The summed E-state index contributed by atoms with van der Waals surface area (Å²) in [7, 11) is 0. The number of carbonyl (C=O) groups is 1. The van der Waals surface area contributed by atoms with Gasteiger partial charge in [-0.2, -0.15) is 0 Å². The van der Waals surface area contributed by atoms with Gasteiger partial charge in [0.1, 0.15) is 16.1 Å². The van der Waals surface area contributed by atoms with E-state index in [-0.39, 0.29) is 12.0 Å². The van der Waals surface area contributed by atoms with Crippen molar-refractivity contribution in [3.63, 3.8) is 0 Å². The molecule has 5 nitrogen and oxygen atoms in total. The van der Waals surface area contributed by atoms with Gasteiger partial charge in [0, 0.05) is 17.7 Å². The molecule has 0 saturated heterocycles. The Morgan fingerprint density at radius 3 is 3.11 bits per heavy atom. The monoisotopic (exact) mass is 294 g/mol. The number of thioether (sulfide) groups is 1. The van der Waals surface area contributed by atoms with E-state index < -0.39 is 11.2 Å². The maximum atomic E-state index is 11.9. The lowest BCUT2D eigenvalue weighted by Gasteiger charge is -2.01. The van der Waals surface area contributed by atoms with Crippen molar-refractivity contribution in [2.75, 3.05) is 0 Å². The van der Waals surface area contributed by atoms with Gasteiger partial charge >= 0.3 is 5.97 Å². The van der Waals surface area contributed by atoms with Gasteiger partial charge in [-0.1, -0.05) is 17.8 Å². The van der Waals surface area contributed by atoms with Gasteiger partial charge in [-0.15, -0.1) is 11.3 Å². The number of aromatic amines is 1. The van der Waals surface area contributed by atoms with Crippen molar-refractivity contribution in [1.29, 1.82) is 0 Å². The van der Waals surface area contributed by atoms with Gasteiger partial charge in [0.05, 0.1) is 5.56 Å². The summed E-state index contributed by atoms with van der Waals surface area (Å²) in [5.74, 6) is -0.313. The van der Waals surface area contributed by atoms with Crippen LogP contribution < -0.4 is 5.56 Å². The molecule has 1 unspecified atom stereocenters. The van der Waals surface area contributed by atoms with Crippen molar-refractivity contribution >= 4 is 29.1 Å². The van der Waals surface area contributed by atoms with Gasteiger partial charge in [-0.25, -0.2) is 4.98 Å². The third-order valence-electron chi connectivity index (χ3n) is 2.87. The van der Waals surface area contributed by atoms with Crippen LogP contribution in [0.1, 0.15) is 16.3 Å². The summed E-state index contributed by atoms with van der Waals surface area (Å²) in [6.07, 6.45) is 0.815. The Labute approximate surface area is 116 Å². The number of fused-ring (bicyclic) bond motifs is 1. The maximum absolute atomic E-state index is 11.9.